The third-order valence-electron chi connectivity index (χ3n) is 3.93. The molecule has 28 heavy (non-hydrogen) atoms. The molecule has 0 aromatic heterocycles. The summed E-state index contributed by atoms with van der Waals surface area (Å²) in [7, 11) is 0. The van der Waals surface area contributed by atoms with E-state index in [2.05, 4.69) is 0 Å². The number of hydrogen-bond donors (Lipinski definition) is 2. The fraction of sp³-hybridized carbons (Fsp3) is 0.0909. The lowest BCUT2D eigenvalue weighted by Gasteiger charge is -2.11. The summed E-state index contributed by atoms with van der Waals surface area (Å²) < 4.78 is 10.8. The van der Waals surface area contributed by atoms with E-state index < -0.39 is 11.9 Å². The maximum Gasteiger partial charge on any atom is 0.344 e. The minimum absolute atomic E-state index is 0.0909. The largest absolute Gasteiger partial charge is 0.423 e. The van der Waals surface area contributed by atoms with Crippen molar-refractivity contribution in [2.75, 3.05) is 11.5 Å². The number of nitrogen functional groups attached to an aromatic ring is 2. The molecule has 142 valence electrons. The van der Waals surface area contributed by atoms with Crippen LogP contribution in [0.4, 0.5) is 11.4 Å². The predicted molar refractivity (Wildman–Crippen MR) is 108 cm³/mol. The number of carbonyl (C=O) groups excluding carboxylic acids is 2. The summed E-state index contributed by atoms with van der Waals surface area (Å²) in [5.41, 5.74) is 14.4. The average Bonchev–Trinajstić information content (AvgIpc) is 2.59. The zero-order valence-electron chi connectivity index (χ0n) is 15.6. The summed E-state index contributed by atoms with van der Waals surface area (Å²) in [5.74, 6) is -0.753. The third kappa shape index (κ3) is 4.48. The smallest absolute Gasteiger partial charge is 0.344 e. The van der Waals surface area contributed by atoms with Crippen molar-refractivity contribution in [2.45, 2.75) is 13.8 Å². The molecule has 0 aliphatic carbocycles. The lowest BCUT2D eigenvalue weighted by atomic mass is 10.1. The molecule has 0 unspecified atom stereocenters. The second-order valence-electron chi connectivity index (χ2n) is 6.48. The van der Waals surface area contributed by atoms with E-state index in [1.807, 2.05) is 13.8 Å². The molecule has 3 aromatic rings. The molecular formula is C22H20N2O4. The summed E-state index contributed by atoms with van der Waals surface area (Å²) in [5, 5.41) is 0. The molecule has 4 N–H and O–H groups in total. The standard InChI is InChI=1S/C22H20N2O4/c1-13-7-15(23)11-17(9-13)27-21(25)19-5-3-4-6-20(19)22(26)28-18-10-14(2)8-16(24)12-18/h3-12H,23-24H2,1-2H3. The highest BCUT2D eigenvalue weighted by molar-refractivity contribution is 6.04. The first-order valence-corrected chi connectivity index (χ1v) is 8.59. The van der Waals surface area contributed by atoms with E-state index in [0.29, 0.717) is 22.9 Å². The maximum atomic E-state index is 12.6. The molecule has 0 spiro atoms. The molecule has 0 atom stereocenters. The van der Waals surface area contributed by atoms with Crippen LogP contribution in [0, 0.1) is 13.8 Å². The number of nitrogens with two attached hydrogens (primary N) is 2. The van der Waals surface area contributed by atoms with Gasteiger partial charge in [0.2, 0.25) is 0 Å². The Kier molecular flexibility index (Phi) is 5.31. The van der Waals surface area contributed by atoms with Crippen molar-refractivity contribution in [3.63, 3.8) is 0 Å². The van der Waals surface area contributed by atoms with E-state index in [1.54, 1.807) is 48.5 Å². The number of rotatable bonds is 4. The van der Waals surface area contributed by atoms with Crippen molar-refractivity contribution < 1.29 is 19.1 Å². The topological polar surface area (TPSA) is 105 Å². The van der Waals surface area contributed by atoms with Crippen molar-refractivity contribution in [1.82, 2.24) is 0 Å². The summed E-state index contributed by atoms with van der Waals surface area (Å²) in [6, 6.07) is 16.3. The van der Waals surface area contributed by atoms with Gasteiger partial charge in [-0.3, -0.25) is 0 Å². The lowest BCUT2D eigenvalue weighted by Crippen LogP contribution is -2.17. The SMILES string of the molecule is Cc1cc(N)cc(OC(=O)c2ccccc2C(=O)Oc2cc(C)cc(N)c2)c1. The second-order valence-corrected chi connectivity index (χ2v) is 6.48. The van der Waals surface area contributed by atoms with Crippen LogP contribution in [0.2, 0.25) is 0 Å². The fourth-order valence-corrected chi connectivity index (χ4v) is 2.83. The van der Waals surface area contributed by atoms with Gasteiger partial charge >= 0.3 is 11.9 Å². The molecule has 0 radical (unpaired) electrons. The molecular weight excluding hydrogens is 356 g/mol. The number of benzene rings is 3. The van der Waals surface area contributed by atoms with Crippen molar-refractivity contribution in [1.29, 1.82) is 0 Å². The van der Waals surface area contributed by atoms with Crippen LogP contribution < -0.4 is 20.9 Å². The maximum absolute atomic E-state index is 12.6. The van der Waals surface area contributed by atoms with Crippen LogP contribution in [0.3, 0.4) is 0 Å². The number of esters is 2. The lowest BCUT2D eigenvalue weighted by molar-refractivity contribution is 0.0692. The molecule has 6 heteroatoms. The summed E-state index contributed by atoms with van der Waals surface area (Å²) in [6.07, 6.45) is 0. The highest BCUT2D eigenvalue weighted by atomic mass is 16.5. The van der Waals surface area contributed by atoms with Gasteiger partial charge in [-0.15, -0.1) is 0 Å². The van der Waals surface area contributed by atoms with Gasteiger partial charge in [-0.2, -0.15) is 0 Å². The Balaban J connectivity index is 1.85. The number of anilines is 2. The molecule has 6 nitrogen and oxygen atoms in total. The highest BCUT2D eigenvalue weighted by Crippen LogP contribution is 2.23. The number of hydrogen-bond acceptors (Lipinski definition) is 6. The van der Waals surface area contributed by atoms with Gasteiger partial charge in [-0.1, -0.05) is 12.1 Å². The quantitative estimate of drug-likeness (QED) is 0.406. The van der Waals surface area contributed by atoms with Crippen molar-refractivity contribution >= 4 is 23.3 Å². The van der Waals surface area contributed by atoms with Gasteiger partial charge in [0.15, 0.2) is 0 Å². The zero-order valence-corrected chi connectivity index (χ0v) is 15.6. The van der Waals surface area contributed by atoms with Crippen LogP contribution in [-0.2, 0) is 0 Å². The number of carbonyl (C=O) groups is 2. The van der Waals surface area contributed by atoms with Gasteiger partial charge in [-0.25, -0.2) is 9.59 Å². The molecule has 0 saturated heterocycles. The van der Waals surface area contributed by atoms with Crippen molar-refractivity contribution in [3.8, 4) is 11.5 Å². The van der Waals surface area contributed by atoms with Gasteiger partial charge < -0.3 is 20.9 Å². The fourth-order valence-electron chi connectivity index (χ4n) is 2.83. The van der Waals surface area contributed by atoms with E-state index in [-0.39, 0.29) is 11.1 Å². The second kappa shape index (κ2) is 7.84. The predicted octanol–water partition coefficient (Wildman–Crippen LogP) is 3.91. The Morgan fingerprint density at radius 3 is 1.43 bits per heavy atom. The molecule has 0 saturated carbocycles. The Bertz CT molecular complexity index is 935. The van der Waals surface area contributed by atoms with E-state index >= 15 is 0 Å². The van der Waals surface area contributed by atoms with Gasteiger partial charge in [-0.05, 0) is 61.4 Å². The van der Waals surface area contributed by atoms with Gasteiger partial charge in [0, 0.05) is 23.5 Å². The Hall–Kier alpha value is -3.80. The molecule has 3 aromatic carbocycles. The first-order valence-electron chi connectivity index (χ1n) is 8.59. The number of aryl methyl sites for hydroxylation is 2. The van der Waals surface area contributed by atoms with E-state index in [4.69, 9.17) is 20.9 Å². The third-order valence-corrected chi connectivity index (χ3v) is 3.93. The van der Waals surface area contributed by atoms with E-state index in [9.17, 15) is 9.59 Å². The van der Waals surface area contributed by atoms with Crippen LogP contribution in [0.1, 0.15) is 31.8 Å². The zero-order chi connectivity index (χ0) is 20.3. The molecule has 0 aliphatic rings. The van der Waals surface area contributed by atoms with E-state index in [0.717, 1.165) is 11.1 Å². The van der Waals surface area contributed by atoms with Crippen molar-refractivity contribution in [2.24, 2.45) is 0 Å². The Morgan fingerprint density at radius 2 is 1.07 bits per heavy atom. The molecule has 0 aliphatic heterocycles. The summed E-state index contributed by atoms with van der Waals surface area (Å²) in [6.45, 7) is 3.68. The molecule has 0 fully saturated rings. The molecule has 0 heterocycles. The van der Waals surface area contributed by atoms with Crippen LogP contribution in [0.25, 0.3) is 0 Å². The van der Waals surface area contributed by atoms with E-state index in [1.165, 1.54) is 12.1 Å². The van der Waals surface area contributed by atoms with Crippen LogP contribution in [0.5, 0.6) is 11.5 Å². The monoisotopic (exact) mass is 376 g/mol. The van der Waals surface area contributed by atoms with Crippen molar-refractivity contribution in [3.05, 3.63) is 82.9 Å². The van der Waals surface area contributed by atoms with Crippen LogP contribution in [-0.4, -0.2) is 11.9 Å². The normalized spacial score (nSPS) is 10.4. The van der Waals surface area contributed by atoms with Gasteiger partial charge in [0.05, 0.1) is 11.1 Å². The Labute approximate surface area is 162 Å². The molecule has 3 rings (SSSR count). The minimum Gasteiger partial charge on any atom is -0.423 e. The van der Waals surface area contributed by atoms with Crippen LogP contribution in [0.15, 0.2) is 60.7 Å². The minimum atomic E-state index is -0.679. The first-order chi connectivity index (χ1) is 13.3. The van der Waals surface area contributed by atoms with Crippen LogP contribution >= 0.6 is 0 Å². The van der Waals surface area contributed by atoms with Gasteiger partial charge in [0.25, 0.3) is 0 Å². The summed E-state index contributed by atoms with van der Waals surface area (Å²) >= 11 is 0. The Morgan fingerprint density at radius 1 is 0.679 bits per heavy atom. The summed E-state index contributed by atoms with van der Waals surface area (Å²) in [4.78, 5) is 25.3. The first kappa shape index (κ1) is 19.0. The molecule has 0 amide bonds. The highest BCUT2D eigenvalue weighted by Gasteiger charge is 2.20. The number of ether oxygens (including phenoxy) is 2. The molecule has 0 bridgehead atoms. The van der Waals surface area contributed by atoms with Gasteiger partial charge in [0.1, 0.15) is 11.5 Å². The average molecular weight is 376 g/mol.